The lowest BCUT2D eigenvalue weighted by molar-refractivity contribution is 0.0950. The zero-order valence-electron chi connectivity index (χ0n) is 11.6. The van der Waals surface area contributed by atoms with Gasteiger partial charge in [-0.25, -0.2) is 0 Å². The number of carbonyl (C=O) groups excluding carboxylic acids is 2. The molecule has 0 radical (unpaired) electrons. The van der Waals surface area contributed by atoms with Crippen LogP contribution in [0.3, 0.4) is 0 Å². The molecular weight excluding hydrogens is 270 g/mol. The van der Waals surface area contributed by atoms with Crippen molar-refractivity contribution in [3.8, 4) is 0 Å². The van der Waals surface area contributed by atoms with Gasteiger partial charge in [-0.1, -0.05) is 5.16 Å². The number of nitrogens with zero attached hydrogens (tertiary/aromatic N) is 1. The topological polar surface area (TPSA) is 84.2 Å². The first-order valence-corrected chi connectivity index (χ1v) is 6.77. The Morgan fingerprint density at radius 2 is 1.90 bits per heavy atom. The number of aromatic nitrogens is 1. The van der Waals surface area contributed by atoms with Gasteiger partial charge in [-0.05, 0) is 44.0 Å². The standard InChI is InChI=1S/C15H15N3O3/c1-9-8-13(18-21-9)15(20)17-11-4-2-10(3-5-11)14(19)16-12-6-7-12/h2-5,8,12H,6-7H2,1H3,(H,16,19)(H,17,20). The van der Waals surface area contributed by atoms with Crippen molar-refractivity contribution < 1.29 is 14.1 Å². The summed E-state index contributed by atoms with van der Waals surface area (Å²) in [7, 11) is 0. The summed E-state index contributed by atoms with van der Waals surface area (Å²) < 4.78 is 4.85. The average molecular weight is 285 g/mol. The second-order valence-corrected chi connectivity index (χ2v) is 5.10. The average Bonchev–Trinajstić information content (AvgIpc) is 3.17. The molecule has 6 heteroatoms. The molecule has 1 aliphatic rings. The lowest BCUT2D eigenvalue weighted by Crippen LogP contribution is -2.25. The van der Waals surface area contributed by atoms with E-state index >= 15 is 0 Å². The number of anilines is 1. The fourth-order valence-corrected chi connectivity index (χ4v) is 1.87. The Balaban J connectivity index is 1.63. The van der Waals surface area contributed by atoms with Crippen molar-refractivity contribution in [3.63, 3.8) is 0 Å². The van der Waals surface area contributed by atoms with Crippen molar-refractivity contribution in [1.82, 2.24) is 10.5 Å². The zero-order chi connectivity index (χ0) is 14.8. The van der Waals surface area contributed by atoms with E-state index in [4.69, 9.17) is 4.52 Å². The molecule has 0 aliphatic heterocycles. The fourth-order valence-electron chi connectivity index (χ4n) is 1.87. The Bertz CT molecular complexity index is 672. The summed E-state index contributed by atoms with van der Waals surface area (Å²) in [6, 6.07) is 8.63. The molecule has 3 rings (SSSR count). The number of benzene rings is 1. The number of carbonyl (C=O) groups is 2. The predicted octanol–water partition coefficient (Wildman–Crippen LogP) is 2.13. The highest BCUT2D eigenvalue weighted by atomic mass is 16.5. The molecule has 1 heterocycles. The Labute approximate surface area is 121 Å². The van der Waals surface area contributed by atoms with E-state index in [0.29, 0.717) is 23.1 Å². The predicted molar refractivity (Wildman–Crippen MR) is 76.1 cm³/mol. The van der Waals surface area contributed by atoms with Gasteiger partial charge in [-0.3, -0.25) is 9.59 Å². The minimum atomic E-state index is -0.345. The van der Waals surface area contributed by atoms with Crippen LogP contribution in [0.15, 0.2) is 34.9 Å². The molecule has 2 amide bonds. The van der Waals surface area contributed by atoms with Crippen molar-refractivity contribution >= 4 is 17.5 Å². The molecule has 2 N–H and O–H groups in total. The van der Waals surface area contributed by atoms with Crippen molar-refractivity contribution in [2.24, 2.45) is 0 Å². The molecule has 108 valence electrons. The Hall–Kier alpha value is -2.63. The number of rotatable bonds is 4. The molecule has 0 bridgehead atoms. The van der Waals surface area contributed by atoms with Gasteiger partial charge >= 0.3 is 0 Å². The minimum absolute atomic E-state index is 0.0810. The van der Waals surface area contributed by atoms with Crippen LogP contribution in [-0.2, 0) is 0 Å². The largest absolute Gasteiger partial charge is 0.361 e. The maximum atomic E-state index is 11.9. The quantitative estimate of drug-likeness (QED) is 0.901. The van der Waals surface area contributed by atoms with Crippen molar-refractivity contribution in [2.45, 2.75) is 25.8 Å². The molecule has 21 heavy (non-hydrogen) atoms. The van der Waals surface area contributed by atoms with E-state index in [0.717, 1.165) is 12.8 Å². The third-order valence-electron chi connectivity index (χ3n) is 3.18. The van der Waals surface area contributed by atoms with Gasteiger partial charge in [0, 0.05) is 23.4 Å². The molecule has 0 spiro atoms. The molecule has 1 aromatic heterocycles. The lowest BCUT2D eigenvalue weighted by Gasteiger charge is -2.05. The van der Waals surface area contributed by atoms with Gasteiger partial charge in [0.25, 0.3) is 11.8 Å². The summed E-state index contributed by atoms with van der Waals surface area (Å²) in [4.78, 5) is 23.7. The number of aryl methyl sites for hydroxylation is 1. The highest BCUT2D eigenvalue weighted by molar-refractivity contribution is 6.03. The highest BCUT2D eigenvalue weighted by Crippen LogP contribution is 2.19. The van der Waals surface area contributed by atoms with Gasteiger partial charge in [0.15, 0.2) is 5.69 Å². The van der Waals surface area contributed by atoms with Gasteiger partial charge in [-0.15, -0.1) is 0 Å². The van der Waals surface area contributed by atoms with Crippen LogP contribution in [-0.4, -0.2) is 23.0 Å². The van der Waals surface area contributed by atoms with E-state index in [-0.39, 0.29) is 17.5 Å². The number of hydrogen-bond donors (Lipinski definition) is 2. The molecule has 0 atom stereocenters. The Morgan fingerprint density at radius 1 is 1.19 bits per heavy atom. The van der Waals surface area contributed by atoms with Crippen LogP contribution in [0.5, 0.6) is 0 Å². The minimum Gasteiger partial charge on any atom is -0.361 e. The zero-order valence-corrected chi connectivity index (χ0v) is 11.6. The summed E-state index contributed by atoms with van der Waals surface area (Å²) in [5.74, 6) is 0.150. The van der Waals surface area contributed by atoms with E-state index < -0.39 is 0 Å². The molecule has 2 aromatic rings. The number of amides is 2. The number of hydrogen-bond acceptors (Lipinski definition) is 4. The second kappa shape index (κ2) is 5.40. The van der Waals surface area contributed by atoms with Crippen LogP contribution in [0, 0.1) is 6.92 Å². The molecule has 1 aromatic carbocycles. The van der Waals surface area contributed by atoms with Crippen LogP contribution in [0.4, 0.5) is 5.69 Å². The lowest BCUT2D eigenvalue weighted by atomic mass is 10.2. The van der Waals surface area contributed by atoms with Gasteiger partial charge in [-0.2, -0.15) is 0 Å². The van der Waals surface area contributed by atoms with Gasteiger partial charge in [0.1, 0.15) is 5.76 Å². The molecule has 1 fully saturated rings. The summed E-state index contributed by atoms with van der Waals surface area (Å²) in [5, 5.41) is 9.25. The molecular formula is C15H15N3O3. The van der Waals surface area contributed by atoms with Gasteiger partial charge in [0.05, 0.1) is 0 Å². The van der Waals surface area contributed by atoms with E-state index in [1.807, 2.05) is 0 Å². The first kappa shape index (κ1) is 13.4. The van der Waals surface area contributed by atoms with Crippen LogP contribution in [0.1, 0.15) is 39.4 Å². The fraction of sp³-hybridized carbons (Fsp3) is 0.267. The third kappa shape index (κ3) is 3.28. The maximum absolute atomic E-state index is 11.9. The smallest absolute Gasteiger partial charge is 0.277 e. The summed E-state index contributed by atoms with van der Waals surface area (Å²) in [6.07, 6.45) is 2.11. The van der Waals surface area contributed by atoms with Crippen LogP contribution in [0.25, 0.3) is 0 Å². The first-order valence-electron chi connectivity index (χ1n) is 6.77. The van der Waals surface area contributed by atoms with E-state index in [2.05, 4.69) is 15.8 Å². The van der Waals surface area contributed by atoms with Crippen LogP contribution in [0.2, 0.25) is 0 Å². The van der Waals surface area contributed by atoms with E-state index in [9.17, 15) is 9.59 Å². The number of nitrogens with one attached hydrogen (secondary N) is 2. The second-order valence-electron chi connectivity index (χ2n) is 5.10. The maximum Gasteiger partial charge on any atom is 0.277 e. The summed E-state index contributed by atoms with van der Waals surface area (Å²) in [6.45, 7) is 1.72. The molecule has 0 saturated heterocycles. The normalized spacial score (nSPS) is 13.8. The summed E-state index contributed by atoms with van der Waals surface area (Å²) >= 11 is 0. The third-order valence-corrected chi connectivity index (χ3v) is 3.18. The van der Waals surface area contributed by atoms with Crippen molar-refractivity contribution in [3.05, 3.63) is 47.3 Å². The monoisotopic (exact) mass is 285 g/mol. The van der Waals surface area contributed by atoms with Crippen molar-refractivity contribution in [1.29, 1.82) is 0 Å². The Morgan fingerprint density at radius 3 is 2.48 bits per heavy atom. The van der Waals surface area contributed by atoms with Crippen LogP contribution >= 0.6 is 0 Å². The molecule has 1 aliphatic carbocycles. The van der Waals surface area contributed by atoms with Gasteiger partial charge < -0.3 is 15.2 Å². The summed E-state index contributed by atoms with van der Waals surface area (Å²) in [5.41, 5.74) is 1.41. The van der Waals surface area contributed by atoms with Gasteiger partial charge in [0.2, 0.25) is 0 Å². The highest BCUT2D eigenvalue weighted by Gasteiger charge is 2.23. The first-order chi connectivity index (χ1) is 10.1. The molecule has 0 unspecified atom stereocenters. The Kier molecular flexibility index (Phi) is 3.43. The van der Waals surface area contributed by atoms with E-state index in [1.165, 1.54) is 0 Å². The molecule has 1 saturated carbocycles. The SMILES string of the molecule is Cc1cc(C(=O)Nc2ccc(C(=O)NC3CC3)cc2)no1. The van der Waals surface area contributed by atoms with Crippen molar-refractivity contribution in [2.75, 3.05) is 5.32 Å². The molecule has 6 nitrogen and oxygen atoms in total. The van der Waals surface area contributed by atoms with Crippen LogP contribution < -0.4 is 10.6 Å². The van der Waals surface area contributed by atoms with E-state index in [1.54, 1.807) is 37.3 Å².